The topological polar surface area (TPSA) is 90.4 Å². The second-order valence-electron chi connectivity index (χ2n) is 4.06. The molecule has 0 atom stereocenters. The number of hydrogen-bond acceptors (Lipinski definition) is 3. The van der Waals surface area contributed by atoms with Gasteiger partial charge in [0.1, 0.15) is 5.82 Å². The van der Waals surface area contributed by atoms with Crippen molar-refractivity contribution in [2.75, 3.05) is 12.9 Å². The molecule has 0 saturated heterocycles. The van der Waals surface area contributed by atoms with Gasteiger partial charge in [0.15, 0.2) is 0 Å². The first-order valence-electron chi connectivity index (χ1n) is 5.60. The van der Waals surface area contributed by atoms with E-state index in [9.17, 15) is 12.8 Å². The highest BCUT2D eigenvalue weighted by atomic mass is 32.2. The average molecular weight is 289 g/mol. The van der Waals surface area contributed by atoms with Crippen LogP contribution in [-0.2, 0) is 16.5 Å². The molecule has 0 fully saturated rings. The van der Waals surface area contributed by atoms with Crippen LogP contribution in [0.5, 0.6) is 0 Å². The Bertz CT molecular complexity index is 628. The quantitative estimate of drug-likeness (QED) is 0.751. The van der Waals surface area contributed by atoms with Crippen LogP contribution in [0.3, 0.4) is 0 Å². The molecule has 5 nitrogen and oxygen atoms in total. The number of aromatic amines is 1. The van der Waals surface area contributed by atoms with Crippen LogP contribution >= 0.6 is 0 Å². The van der Waals surface area contributed by atoms with E-state index in [-0.39, 0.29) is 12.4 Å². The molecule has 0 spiro atoms. The zero-order valence-corrected chi connectivity index (χ0v) is 11.2. The van der Waals surface area contributed by atoms with Gasteiger partial charge in [0.2, 0.25) is 0 Å². The van der Waals surface area contributed by atoms with Crippen molar-refractivity contribution in [2.45, 2.75) is 12.8 Å². The summed E-state index contributed by atoms with van der Waals surface area (Å²) in [6, 6.07) is 4.69. The average Bonchev–Trinajstić information content (AvgIpc) is 2.66. The zero-order chi connectivity index (χ0) is 14.5. The van der Waals surface area contributed by atoms with Gasteiger partial charge in [-0.1, -0.05) is 0 Å². The second-order valence-corrected chi connectivity index (χ2v) is 5.53. The first-order chi connectivity index (χ1) is 8.81. The fourth-order valence-electron chi connectivity index (χ4n) is 1.63. The van der Waals surface area contributed by atoms with Gasteiger partial charge < -0.3 is 10.1 Å². The molecule has 2 aromatic rings. The predicted octanol–water partition coefficient (Wildman–Crippen LogP) is 1.74. The van der Waals surface area contributed by atoms with E-state index in [1.807, 2.05) is 6.20 Å². The number of hydrogen-bond donors (Lipinski definition) is 3. The SMILES string of the molecule is CS(=O)(=O)O.OCCCc1c[nH]c2ccc(F)cc12. The Morgan fingerprint density at radius 1 is 1.37 bits per heavy atom. The number of H-pyrrole nitrogens is 1. The fraction of sp³-hybridized carbons (Fsp3) is 0.333. The summed E-state index contributed by atoms with van der Waals surface area (Å²) in [6.45, 7) is 0.169. The molecule has 1 heterocycles. The molecule has 0 unspecified atom stereocenters. The smallest absolute Gasteiger partial charge is 0.261 e. The molecule has 19 heavy (non-hydrogen) atoms. The van der Waals surface area contributed by atoms with Crippen molar-refractivity contribution in [2.24, 2.45) is 0 Å². The molecule has 3 N–H and O–H groups in total. The lowest BCUT2D eigenvalue weighted by Gasteiger charge is -1.96. The van der Waals surface area contributed by atoms with E-state index in [0.717, 1.165) is 22.9 Å². The molecule has 0 saturated carbocycles. The van der Waals surface area contributed by atoms with Crippen LogP contribution in [0.4, 0.5) is 4.39 Å². The summed E-state index contributed by atoms with van der Waals surface area (Å²) in [5, 5.41) is 9.62. The molecule has 0 aliphatic rings. The summed E-state index contributed by atoms with van der Waals surface area (Å²) in [6.07, 6.45) is 4.08. The van der Waals surface area contributed by atoms with Crippen LogP contribution in [0.15, 0.2) is 24.4 Å². The highest BCUT2D eigenvalue weighted by molar-refractivity contribution is 7.85. The predicted molar refractivity (Wildman–Crippen MR) is 71.1 cm³/mol. The van der Waals surface area contributed by atoms with Gasteiger partial charge in [-0.2, -0.15) is 8.42 Å². The fourth-order valence-corrected chi connectivity index (χ4v) is 1.63. The molecule has 0 bridgehead atoms. The summed E-state index contributed by atoms with van der Waals surface area (Å²) in [5.41, 5.74) is 2.01. The van der Waals surface area contributed by atoms with Gasteiger partial charge >= 0.3 is 0 Å². The minimum Gasteiger partial charge on any atom is -0.396 e. The van der Waals surface area contributed by atoms with Gasteiger partial charge in [-0.05, 0) is 36.6 Å². The Morgan fingerprint density at radius 3 is 2.58 bits per heavy atom. The Kier molecular flexibility index (Phi) is 5.46. The number of halogens is 1. The third kappa shape index (κ3) is 5.82. The molecular formula is C12H16FNO4S. The molecule has 2 rings (SSSR count). The van der Waals surface area contributed by atoms with Crippen molar-refractivity contribution in [3.63, 3.8) is 0 Å². The van der Waals surface area contributed by atoms with Crippen LogP contribution in [0.25, 0.3) is 10.9 Å². The number of nitrogens with one attached hydrogen (secondary N) is 1. The third-order valence-electron chi connectivity index (χ3n) is 2.33. The molecule has 0 radical (unpaired) electrons. The lowest BCUT2D eigenvalue weighted by molar-refractivity contribution is 0.289. The summed E-state index contributed by atoms with van der Waals surface area (Å²) >= 11 is 0. The summed E-state index contributed by atoms with van der Waals surface area (Å²) in [7, 11) is -3.67. The number of rotatable bonds is 3. The van der Waals surface area contributed by atoms with Crippen LogP contribution in [-0.4, -0.2) is 35.9 Å². The van der Waals surface area contributed by atoms with E-state index in [0.29, 0.717) is 12.7 Å². The van der Waals surface area contributed by atoms with Gasteiger partial charge in [0, 0.05) is 23.7 Å². The van der Waals surface area contributed by atoms with Crippen LogP contribution < -0.4 is 0 Å². The first-order valence-corrected chi connectivity index (χ1v) is 7.45. The monoisotopic (exact) mass is 289 g/mol. The Labute approximate surface area is 110 Å². The molecular weight excluding hydrogens is 273 g/mol. The Morgan fingerprint density at radius 2 is 2.00 bits per heavy atom. The number of aliphatic hydroxyl groups is 1. The van der Waals surface area contributed by atoms with Gasteiger partial charge in [-0.3, -0.25) is 4.55 Å². The maximum absolute atomic E-state index is 13.0. The van der Waals surface area contributed by atoms with Gasteiger partial charge in [-0.25, -0.2) is 4.39 Å². The highest BCUT2D eigenvalue weighted by Crippen LogP contribution is 2.20. The molecule has 1 aromatic heterocycles. The van der Waals surface area contributed by atoms with Crippen LogP contribution in [0, 0.1) is 5.82 Å². The van der Waals surface area contributed by atoms with Crippen molar-refractivity contribution < 1.29 is 22.5 Å². The number of aromatic nitrogens is 1. The van der Waals surface area contributed by atoms with E-state index in [1.54, 1.807) is 6.07 Å². The number of fused-ring (bicyclic) bond motifs is 1. The van der Waals surface area contributed by atoms with Gasteiger partial charge in [0.25, 0.3) is 10.1 Å². The van der Waals surface area contributed by atoms with Crippen molar-refractivity contribution in [1.82, 2.24) is 4.98 Å². The van der Waals surface area contributed by atoms with E-state index < -0.39 is 10.1 Å². The van der Waals surface area contributed by atoms with E-state index in [2.05, 4.69) is 4.98 Å². The van der Waals surface area contributed by atoms with Crippen molar-refractivity contribution in [1.29, 1.82) is 0 Å². The van der Waals surface area contributed by atoms with E-state index in [1.165, 1.54) is 12.1 Å². The number of aryl methyl sites for hydroxylation is 1. The van der Waals surface area contributed by atoms with Crippen LogP contribution in [0.1, 0.15) is 12.0 Å². The molecule has 0 amide bonds. The lowest BCUT2D eigenvalue weighted by Crippen LogP contribution is -1.88. The Balaban J connectivity index is 0.000000312. The van der Waals surface area contributed by atoms with Gasteiger partial charge in [-0.15, -0.1) is 0 Å². The molecule has 7 heteroatoms. The summed E-state index contributed by atoms with van der Waals surface area (Å²) in [5.74, 6) is -0.220. The maximum atomic E-state index is 13.0. The van der Waals surface area contributed by atoms with Crippen molar-refractivity contribution in [3.05, 3.63) is 35.8 Å². The summed E-state index contributed by atoms with van der Waals surface area (Å²) < 4.78 is 38.8. The lowest BCUT2D eigenvalue weighted by atomic mass is 10.1. The van der Waals surface area contributed by atoms with Crippen molar-refractivity contribution in [3.8, 4) is 0 Å². The third-order valence-corrected chi connectivity index (χ3v) is 2.33. The molecule has 0 aliphatic carbocycles. The molecule has 106 valence electrons. The number of benzene rings is 1. The van der Waals surface area contributed by atoms with Gasteiger partial charge in [0.05, 0.1) is 6.26 Å². The first kappa shape index (κ1) is 15.6. The second kappa shape index (κ2) is 6.65. The maximum Gasteiger partial charge on any atom is 0.261 e. The Hall–Kier alpha value is -1.44. The highest BCUT2D eigenvalue weighted by Gasteiger charge is 2.03. The minimum absolute atomic E-state index is 0.169. The van der Waals surface area contributed by atoms with Crippen molar-refractivity contribution >= 4 is 21.0 Å². The van der Waals surface area contributed by atoms with Crippen LogP contribution in [0.2, 0.25) is 0 Å². The molecule has 1 aromatic carbocycles. The minimum atomic E-state index is -3.67. The molecule has 0 aliphatic heterocycles. The largest absolute Gasteiger partial charge is 0.396 e. The van der Waals surface area contributed by atoms with E-state index >= 15 is 0 Å². The standard InChI is InChI=1S/C11H12FNO.CH4O3S/c12-9-3-4-11-10(6-9)8(7-13-11)2-1-5-14;1-5(2,3)4/h3-4,6-7,13-14H,1-2,5H2;1H3,(H,2,3,4). The van der Waals surface area contributed by atoms with E-state index in [4.69, 9.17) is 9.66 Å². The number of aliphatic hydroxyl groups excluding tert-OH is 1. The summed E-state index contributed by atoms with van der Waals surface area (Å²) in [4.78, 5) is 3.08. The zero-order valence-electron chi connectivity index (χ0n) is 10.4. The normalized spacial score (nSPS) is 11.2.